The number of amides is 2. The summed E-state index contributed by atoms with van der Waals surface area (Å²) < 4.78 is 5.10. The third-order valence-corrected chi connectivity index (χ3v) is 4.63. The molecule has 2 N–H and O–H groups in total. The molecule has 1 atom stereocenters. The quantitative estimate of drug-likeness (QED) is 0.552. The van der Waals surface area contributed by atoms with E-state index < -0.39 is 23.9 Å². The first-order chi connectivity index (χ1) is 15.0. The molecule has 31 heavy (non-hydrogen) atoms. The number of hydrogen-bond donors (Lipinski definition) is 2. The Balaban J connectivity index is 1.43. The van der Waals surface area contributed by atoms with Gasteiger partial charge in [0.2, 0.25) is 0 Å². The molecule has 0 fully saturated rings. The van der Waals surface area contributed by atoms with E-state index in [2.05, 4.69) is 10.6 Å². The standard InChI is InChI=1S/C25H24N2O4/c1-18(24(29)26-16-19-8-4-2-5-9-19)31-23(28)17-27-25(30)22-14-12-21(13-15-22)20-10-6-3-7-11-20/h2-15,18H,16-17H2,1H3,(H,26,29)(H,27,30)/t18-/m1/s1. The molecular formula is C25H24N2O4. The Hall–Kier alpha value is -3.93. The molecular weight excluding hydrogens is 392 g/mol. The smallest absolute Gasteiger partial charge is 0.326 e. The van der Waals surface area contributed by atoms with Gasteiger partial charge in [-0.2, -0.15) is 0 Å². The van der Waals surface area contributed by atoms with Crippen LogP contribution in [0, 0.1) is 0 Å². The fourth-order valence-corrected chi connectivity index (χ4v) is 2.92. The number of carbonyl (C=O) groups excluding carboxylic acids is 3. The van der Waals surface area contributed by atoms with E-state index in [1.807, 2.05) is 72.8 Å². The summed E-state index contributed by atoms with van der Waals surface area (Å²) in [5.74, 6) is -1.48. The molecule has 0 saturated heterocycles. The van der Waals surface area contributed by atoms with Crippen LogP contribution in [-0.4, -0.2) is 30.4 Å². The van der Waals surface area contributed by atoms with Crippen LogP contribution >= 0.6 is 0 Å². The normalized spacial score (nSPS) is 11.3. The molecule has 0 aliphatic heterocycles. The fourth-order valence-electron chi connectivity index (χ4n) is 2.92. The molecule has 2 amide bonds. The second-order valence-electron chi connectivity index (χ2n) is 6.96. The van der Waals surface area contributed by atoms with Crippen LogP contribution in [-0.2, 0) is 20.9 Å². The van der Waals surface area contributed by atoms with Crippen LogP contribution in [0.3, 0.4) is 0 Å². The molecule has 6 nitrogen and oxygen atoms in total. The zero-order valence-corrected chi connectivity index (χ0v) is 17.2. The fraction of sp³-hybridized carbons (Fsp3) is 0.160. The summed E-state index contributed by atoms with van der Waals surface area (Å²) in [4.78, 5) is 36.4. The van der Waals surface area contributed by atoms with Crippen LogP contribution in [0.25, 0.3) is 11.1 Å². The van der Waals surface area contributed by atoms with Crippen LogP contribution in [0.15, 0.2) is 84.9 Å². The van der Waals surface area contributed by atoms with E-state index in [9.17, 15) is 14.4 Å². The molecule has 0 aliphatic rings. The molecule has 0 heterocycles. The number of ether oxygens (including phenoxy) is 1. The van der Waals surface area contributed by atoms with Gasteiger partial charge in [0, 0.05) is 12.1 Å². The first kappa shape index (κ1) is 21.8. The average Bonchev–Trinajstić information content (AvgIpc) is 2.82. The molecule has 6 heteroatoms. The zero-order chi connectivity index (χ0) is 22.1. The number of carbonyl (C=O) groups is 3. The maximum absolute atomic E-state index is 12.3. The topological polar surface area (TPSA) is 84.5 Å². The molecule has 3 rings (SSSR count). The van der Waals surface area contributed by atoms with Crippen molar-refractivity contribution in [3.8, 4) is 11.1 Å². The largest absolute Gasteiger partial charge is 0.451 e. The molecule has 0 bridgehead atoms. The van der Waals surface area contributed by atoms with Crippen LogP contribution in [0.2, 0.25) is 0 Å². The lowest BCUT2D eigenvalue weighted by Crippen LogP contribution is -2.38. The van der Waals surface area contributed by atoms with E-state index in [0.717, 1.165) is 16.7 Å². The summed E-state index contributed by atoms with van der Waals surface area (Å²) in [5, 5.41) is 5.22. The van der Waals surface area contributed by atoms with Crippen LogP contribution < -0.4 is 10.6 Å². The highest BCUT2D eigenvalue weighted by Gasteiger charge is 2.18. The van der Waals surface area contributed by atoms with Gasteiger partial charge in [-0.25, -0.2) is 0 Å². The van der Waals surface area contributed by atoms with E-state index in [1.54, 1.807) is 12.1 Å². The van der Waals surface area contributed by atoms with Crippen molar-refractivity contribution in [3.05, 3.63) is 96.1 Å². The Morgan fingerprint density at radius 2 is 1.35 bits per heavy atom. The lowest BCUT2D eigenvalue weighted by molar-refractivity contribution is -0.153. The molecule has 0 unspecified atom stereocenters. The number of esters is 1. The van der Waals surface area contributed by atoms with Crippen molar-refractivity contribution in [2.24, 2.45) is 0 Å². The number of rotatable bonds is 8. The average molecular weight is 416 g/mol. The van der Waals surface area contributed by atoms with Crippen molar-refractivity contribution in [1.82, 2.24) is 10.6 Å². The van der Waals surface area contributed by atoms with Gasteiger partial charge in [0.25, 0.3) is 11.8 Å². The van der Waals surface area contributed by atoms with Crippen molar-refractivity contribution in [2.45, 2.75) is 19.6 Å². The van der Waals surface area contributed by atoms with Gasteiger partial charge < -0.3 is 15.4 Å². The van der Waals surface area contributed by atoms with E-state index in [0.29, 0.717) is 12.1 Å². The lowest BCUT2D eigenvalue weighted by Gasteiger charge is -2.14. The second-order valence-corrected chi connectivity index (χ2v) is 6.96. The van der Waals surface area contributed by atoms with Gasteiger partial charge in [-0.05, 0) is 35.7 Å². The number of nitrogens with one attached hydrogen (secondary N) is 2. The molecule has 3 aromatic carbocycles. The lowest BCUT2D eigenvalue weighted by atomic mass is 10.0. The van der Waals surface area contributed by atoms with Crippen molar-refractivity contribution in [1.29, 1.82) is 0 Å². The Morgan fingerprint density at radius 3 is 2.00 bits per heavy atom. The van der Waals surface area contributed by atoms with E-state index >= 15 is 0 Å². The van der Waals surface area contributed by atoms with Crippen molar-refractivity contribution in [2.75, 3.05) is 6.54 Å². The summed E-state index contributed by atoms with van der Waals surface area (Å²) >= 11 is 0. The molecule has 0 aromatic heterocycles. The molecule has 0 aliphatic carbocycles. The third-order valence-electron chi connectivity index (χ3n) is 4.63. The van der Waals surface area contributed by atoms with Crippen LogP contribution in [0.5, 0.6) is 0 Å². The maximum atomic E-state index is 12.3. The van der Waals surface area contributed by atoms with Gasteiger partial charge in [0.15, 0.2) is 6.10 Å². The van der Waals surface area contributed by atoms with Crippen LogP contribution in [0.1, 0.15) is 22.8 Å². The minimum atomic E-state index is -0.960. The third kappa shape index (κ3) is 6.54. The van der Waals surface area contributed by atoms with E-state index in [-0.39, 0.29) is 6.54 Å². The molecule has 0 saturated carbocycles. The van der Waals surface area contributed by atoms with Gasteiger partial charge in [0.1, 0.15) is 6.54 Å². The van der Waals surface area contributed by atoms with Gasteiger partial charge >= 0.3 is 5.97 Å². The van der Waals surface area contributed by atoms with E-state index in [4.69, 9.17) is 4.74 Å². The first-order valence-electron chi connectivity index (χ1n) is 9.98. The maximum Gasteiger partial charge on any atom is 0.326 e. The van der Waals surface area contributed by atoms with E-state index in [1.165, 1.54) is 6.92 Å². The highest BCUT2D eigenvalue weighted by atomic mass is 16.5. The second kappa shape index (κ2) is 10.7. The minimum absolute atomic E-state index is 0.324. The summed E-state index contributed by atoms with van der Waals surface area (Å²) in [6, 6.07) is 26.3. The predicted molar refractivity (Wildman–Crippen MR) is 118 cm³/mol. The summed E-state index contributed by atoms with van der Waals surface area (Å²) in [6.45, 7) is 1.51. The van der Waals surface area contributed by atoms with Gasteiger partial charge in [-0.1, -0.05) is 72.8 Å². The summed E-state index contributed by atoms with van der Waals surface area (Å²) in [6.07, 6.45) is -0.960. The molecule has 158 valence electrons. The first-order valence-corrected chi connectivity index (χ1v) is 9.98. The number of hydrogen-bond acceptors (Lipinski definition) is 4. The van der Waals surface area contributed by atoms with Crippen molar-refractivity contribution >= 4 is 17.8 Å². The summed E-state index contributed by atoms with van der Waals surface area (Å²) in [7, 11) is 0. The number of benzene rings is 3. The minimum Gasteiger partial charge on any atom is -0.451 e. The summed E-state index contributed by atoms with van der Waals surface area (Å²) in [5.41, 5.74) is 3.42. The Kier molecular flexibility index (Phi) is 7.54. The van der Waals surface area contributed by atoms with Crippen LogP contribution in [0.4, 0.5) is 0 Å². The Bertz CT molecular complexity index is 1020. The van der Waals surface area contributed by atoms with Gasteiger partial charge in [-0.3, -0.25) is 14.4 Å². The van der Waals surface area contributed by atoms with Gasteiger partial charge in [0.05, 0.1) is 0 Å². The predicted octanol–water partition coefficient (Wildman–Crippen LogP) is 3.33. The van der Waals surface area contributed by atoms with Crippen molar-refractivity contribution in [3.63, 3.8) is 0 Å². The van der Waals surface area contributed by atoms with Crippen molar-refractivity contribution < 1.29 is 19.1 Å². The molecule has 0 radical (unpaired) electrons. The molecule has 3 aromatic rings. The van der Waals surface area contributed by atoms with Gasteiger partial charge in [-0.15, -0.1) is 0 Å². The highest BCUT2D eigenvalue weighted by Crippen LogP contribution is 2.19. The zero-order valence-electron chi connectivity index (χ0n) is 17.2. The monoisotopic (exact) mass is 416 g/mol. The molecule has 0 spiro atoms. The SMILES string of the molecule is C[C@@H](OC(=O)CNC(=O)c1ccc(-c2ccccc2)cc1)C(=O)NCc1ccccc1. The Labute approximate surface area is 181 Å². The Morgan fingerprint density at radius 1 is 0.774 bits per heavy atom. The highest BCUT2D eigenvalue weighted by molar-refractivity contribution is 5.96.